The Morgan fingerprint density at radius 3 is 2.63 bits per heavy atom. The Hall–Kier alpha value is -0.190. The van der Waals surface area contributed by atoms with Crippen LogP contribution in [0.25, 0.3) is 0 Å². The van der Waals surface area contributed by atoms with E-state index in [0.29, 0.717) is 6.04 Å². The molecule has 0 aliphatic carbocycles. The molecule has 1 atom stereocenters. The van der Waals surface area contributed by atoms with Crippen molar-refractivity contribution in [1.82, 2.24) is 15.1 Å². The van der Waals surface area contributed by atoms with Crippen molar-refractivity contribution in [1.29, 1.82) is 0 Å². The first-order valence-corrected chi connectivity index (χ1v) is 8.62. The van der Waals surface area contributed by atoms with E-state index in [1.165, 1.54) is 17.7 Å². The number of thioether (sulfide) groups is 1. The molecule has 0 aromatic carbocycles. The average molecular weight is 304 g/mol. The molecular formula is C14H26ClN3S. The fourth-order valence-corrected chi connectivity index (χ4v) is 3.29. The normalized spacial score (nSPS) is 12.9. The van der Waals surface area contributed by atoms with Gasteiger partial charge in [0.25, 0.3) is 0 Å². The summed E-state index contributed by atoms with van der Waals surface area (Å²) in [5.41, 5.74) is 2.24. The minimum absolute atomic E-state index is 0.483. The molecule has 0 aliphatic heterocycles. The Bertz CT molecular complexity index is 379. The molecule has 5 heteroatoms. The highest BCUT2D eigenvalue weighted by Gasteiger charge is 2.16. The van der Waals surface area contributed by atoms with Crippen LogP contribution in [0.2, 0.25) is 5.15 Å². The van der Waals surface area contributed by atoms with Gasteiger partial charge in [-0.25, -0.2) is 0 Å². The van der Waals surface area contributed by atoms with Crippen LogP contribution in [0.3, 0.4) is 0 Å². The SMILES string of the molecule is CCCNC(CSCCC)Cc1c(C)nn(C)c1Cl. The quantitative estimate of drug-likeness (QED) is 0.709. The molecule has 0 fully saturated rings. The highest BCUT2D eigenvalue weighted by Crippen LogP contribution is 2.21. The van der Waals surface area contributed by atoms with Crippen LogP contribution in [0.4, 0.5) is 0 Å². The van der Waals surface area contributed by atoms with Gasteiger partial charge in [-0.05, 0) is 38.5 Å². The summed E-state index contributed by atoms with van der Waals surface area (Å²) in [4.78, 5) is 0. The Balaban J connectivity index is 2.64. The van der Waals surface area contributed by atoms with Crippen LogP contribution in [0.5, 0.6) is 0 Å². The molecule has 0 saturated heterocycles. The second-order valence-electron chi connectivity index (χ2n) is 4.91. The maximum absolute atomic E-state index is 6.32. The second-order valence-corrected chi connectivity index (χ2v) is 6.42. The maximum Gasteiger partial charge on any atom is 0.130 e. The van der Waals surface area contributed by atoms with Crippen LogP contribution >= 0.6 is 23.4 Å². The highest BCUT2D eigenvalue weighted by molar-refractivity contribution is 7.99. The summed E-state index contributed by atoms with van der Waals surface area (Å²) in [6, 6.07) is 0.483. The third kappa shape index (κ3) is 5.36. The van der Waals surface area contributed by atoms with Crippen LogP contribution in [0.1, 0.15) is 37.9 Å². The average Bonchev–Trinajstić information content (AvgIpc) is 2.62. The van der Waals surface area contributed by atoms with E-state index in [9.17, 15) is 0 Å². The van der Waals surface area contributed by atoms with Gasteiger partial charge in [0.1, 0.15) is 5.15 Å². The number of nitrogens with one attached hydrogen (secondary N) is 1. The van der Waals surface area contributed by atoms with E-state index in [1.54, 1.807) is 4.68 Å². The minimum atomic E-state index is 0.483. The van der Waals surface area contributed by atoms with Crippen LogP contribution in [0.15, 0.2) is 0 Å². The summed E-state index contributed by atoms with van der Waals surface area (Å²) in [6.07, 6.45) is 3.36. The van der Waals surface area contributed by atoms with Gasteiger partial charge >= 0.3 is 0 Å². The van der Waals surface area contributed by atoms with Crippen molar-refractivity contribution >= 4 is 23.4 Å². The molecule has 1 N–H and O–H groups in total. The second kappa shape index (κ2) is 8.88. The topological polar surface area (TPSA) is 29.9 Å². The lowest BCUT2D eigenvalue weighted by Gasteiger charge is -2.18. The van der Waals surface area contributed by atoms with E-state index in [4.69, 9.17) is 11.6 Å². The Morgan fingerprint density at radius 2 is 2.11 bits per heavy atom. The highest BCUT2D eigenvalue weighted by atomic mass is 35.5. The lowest BCUT2D eigenvalue weighted by molar-refractivity contribution is 0.549. The smallest absolute Gasteiger partial charge is 0.130 e. The van der Waals surface area contributed by atoms with Gasteiger partial charge in [-0.15, -0.1) is 0 Å². The lowest BCUT2D eigenvalue weighted by atomic mass is 10.1. The lowest BCUT2D eigenvalue weighted by Crippen LogP contribution is -2.34. The number of aromatic nitrogens is 2. The zero-order valence-electron chi connectivity index (χ0n) is 12.5. The predicted molar refractivity (Wildman–Crippen MR) is 86.4 cm³/mol. The molecule has 1 aromatic heterocycles. The molecule has 1 unspecified atom stereocenters. The van der Waals surface area contributed by atoms with E-state index in [0.717, 1.165) is 36.0 Å². The number of aryl methyl sites for hydroxylation is 2. The third-order valence-electron chi connectivity index (χ3n) is 3.07. The Kier molecular flexibility index (Phi) is 7.88. The van der Waals surface area contributed by atoms with Crippen molar-refractivity contribution in [3.8, 4) is 0 Å². The molecule has 1 heterocycles. The van der Waals surface area contributed by atoms with E-state index in [2.05, 4.69) is 24.3 Å². The van der Waals surface area contributed by atoms with Gasteiger partial charge in [0, 0.05) is 24.4 Å². The molecule has 110 valence electrons. The van der Waals surface area contributed by atoms with Crippen molar-refractivity contribution in [2.75, 3.05) is 18.1 Å². The molecule has 1 aromatic rings. The molecule has 0 radical (unpaired) electrons. The van der Waals surface area contributed by atoms with Gasteiger partial charge in [-0.1, -0.05) is 25.4 Å². The molecular weight excluding hydrogens is 278 g/mol. The Labute approximate surface area is 126 Å². The first-order chi connectivity index (χ1) is 9.10. The summed E-state index contributed by atoms with van der Waals surface area (Å²) >= 11 is 8.34. The largest absolute Gasteiger partial charge is 0.313 e. The fraction of sp³-hybridized carbons (Fsp3) is 0.786. The monoisotopic (exact) mass is 303 g/mol. The molecule has 3 nitrogen and oxygen atoms in total. The van der Waals surface area contributed by atoms with Gasteiger partial charge in [0.15, 0.2) is 0 Å². The van der Waals surface area contributed by atoms with Crippen molar-refractivity contribution < 1.29 is 0 Å². The van der Waals surface area contributed by atoms with Crippen molar-refractivity contribution in [3.05, 3.63) is 16.4 Å². The third-order valence-corrected chi connectivity index (χ3v) is 4.88. The Morgan fingerprint density at radius 1 is 1.37 bits per heavy atom. The minimum Gasteiger partial charge on any atom is -0.313 e. The number of nitrogens with zero attached hydrogens (tertiary/aromatic N) is 2. The van der Waals surface area contributed by atoms with E-state index in [1.807, 2.05) is 25.7 Å². The molecule has 19 heavy (non-hydrogen) atoms. The summed E-state index contributed by atoms with van der Waals surface area (Å²) in [5.74, 6) is 2.36. The molecule has 0 spiro atoms. The molecule has 1 rings (SSSR count). The van der Waals surface area contributed by atoms with E-state index >= 15 is 0 Å². The molecule has 0 amide bonds. The maximum atomic E-state index is 6.32. The summed E-state index contributed by atoms with van der Waals surface area (Å²) in [7, 11) is 1.90. The van der Waals surface area contributed by atoms with Crippen molar-refractivity contribution in [2.45, 2.75) is 46.1 Å². The number of hydrogen-bond donors (Lipinski definition) is 1. The summed E-state index contributed by atoms with van der Waals surface area (Å²) in [5, 5.41) is 8.79. The van der Waals surface area contributed by atoms with Gasteiger partial charge < -0.3 is 5.32 Å². The van der Waals surface area contributed by atoms with Gasteiger partial charge in [-0.2, -0.15) is 16.9 Å². The number of rotatable bonds is 9. The number of hydrogen-bond acceptors (Lipinski definition) is 3. The molecule has 0 saturated carbocycles. The summed E-state index contributed by atoms with van der Waals surface area (Å²) in [6.45, 7) is 7.53. The van der Waals surface area contributed by atoms with Gasteiger partial charge in [0.2, 0.25) is 0 Å². The zero-order valence-corrected chi connectivity index (χ0v) is 14.1. The molecule has 0 aliphatic rings. The van der Waals surface area contributed by atoms with E-state index in [-0.39, 0.29) is 0 Å². The zero-order chi connectivity index (χ0) is 14.3. The van der Waals surface area contributed by atoms with Crippen molar-refractivity contribution in [2.24, 2.45) is 7.05 Å². The van der Waals surface area contributed by atoms with Crippen LogP contribution in [-0.4, -0.2) is 33.9 Å². The molecule has 0 bridgehead atoms. The number of halogens is 1. The summed E-state index contributed by atoms with van der Waals surface area (Å²) < 4.78 is 1.77. The standard InChI is InChI=1S/C14H26ClN3S/c1-5-7-16-12(10-19-8-6-2)9-13-11(3)17-18(4)14(13)15/h12,16H,5-10H2,1-4H3. The van der Waals surface area contributed by atoms with Gasteiger partial charge in [-0.3, -0.25) is 4.68 Å². The van der Waals surface area contributed by atoms with Gasteiger partial charge in [0.05, 0.1) is 5.69 Å². The first kappa shape index (κ1) is 16.9. The predicted octanol–water partition coefficient (Wildman–Crippen LogP) is 3.44. The first-order valence-electron chi connectivity index (χ1n) is 7.09. The van der Waals surface area contributed by atoms with E-state index < -0.39 is 0 Å². The van der Waals surface area contributed by atoms with Crippen LogP contribution in [0, 0.1) is 6.92 Å². The fourth-order valence-electron chi connectivity index (χ4n) is 2.06. The van der Waals surface area contributed by atoms with Crippen molar-refractivity contribution in [3.63, 3.8) is 0 Å². The van der Waals surface area contributed by atoms with Crippen LogP contribution in [-0.2, 0) is 13.5 Å². The van der Waals surface area contributed by atoms with Crippen LogP contribution < -0.4 is 5.32 Å².